The van der Waals surface area contributed by atoms with Crippen molar-refractivity contribution in [2.75, 3.05) is 20.3 Å². The van der Waals surface area contributed by atoms with Gasteiger partial charge in [0.25, 0.3) is 0 Å². The summed E-state index contributed by atoms with van der Waals surface area (Å²) in [5.74, 6) is 1.29. The molecule has 162 valence electrons. The molecule has 1 aliphatic heterocycles. The van der Waals surface area contributed by atoms with Crippen LogP contribution in [0, 0.1) is 0 Å². The molecule has 1 aliphatic rings. The minimum Gasteiger partial charge on any atom is -0.457 e. The molecule has 0 saturated carbocycles. The summed E-state index contributed by atoms with van der Waals surface area (Å²) < 4.78 is 11.3. The van der Waals surface area contributed by atoms with Crippen molar-refractivity contribution in [1.29, 1.82) is 0 Å². The number of likely N-dealkylation sites (tertiary alicyclic amines) is 1. The smallest absolute Gasteiger partial charge is 0.315 e. The lowest BCUT2D eigenvalue weighted by Gasteiger charge is -2.45. The van der Waals surface area contributed by atoms with Crippen LogP contribution in [-0.2, 0) is 10.3 Å². The summed E-state index contributed by atoms with van der Waals surface area (Å²) >= 11 is 0. The van der Waals surface area contributed by atoms with E-state index in [1.807, 2.05) is 54.6 Å². The molecule has 2 aromatic carbocycles. The van der Waals surface area contributed by atoms with E-state index in [-0.39, 0.29) is 0 Å². The number of ether oxygens (including phenoxy) is 2. The quantitative estimate of drug-likeness (QED) is 0.597. The molecule has 6 nitrogen and oxygen atoms in total. The van der Waals surface area contributed by atoms with Gasteiger partial charge in [-0.3, -0.25) is 0 Å². The fourth-order valence-electron chi connectivity index (χ4n) is 4.34. The first-order valence-electron chi connectivity index (χ1n) is 10.7. The second-order valence-electron chi connectivity index (χ2n) is 7.83. The Morgan fingerprint density at radius 3 is 2.60 bits per heavy atom. The number of para-hydroxylation sites is 2. The number of urea groups is 1. The Hall–Kier alpha value is -2.57. The standard InChI is InChI=1S/C24H32N2O4/c1-29-18-10-8-16-24(28,22-15-7-9-17-26(22)23(25)27)20-13-5-6-14-21(20)30-19-11-3-2-4-12-19/h2-6,11-14,22,28H,7-10,15-18H2,1H3,(H2,25,27). The van der Waals surface area contributed by atoms with E-state index in [4.69, 9.17) is 15.2 Å². The molecule has 30 heavy (non-hydrogen) atoms. The van der Waals surface area contributed by atoms with Crippen LogP contribution in [-0.4, -0.2) is 42.3 Å². The average molecular weight is 413 g/mol. The van der Waals surface area contributed by atoms with Crippen molar-refractivity contribution in [1.82, 2.24) is 4.90 Å². The normalized spacial score (nSPS) is 18.6. The molecule has 1 fully saturated rings. The van der Waals surface area contributed by atoms with E-state index in [2.05, 4.69) is 0 Å². The number of methoxy groups -OCH3 is 1. The number of piperidine rings is 1. The Bertz CT molecular complexity index is 814. The number of hydrogen-bond donors (Lipinski definition) is 2. The molecular weight excluding hydrogens is 380 g/mol. The molecule has 2 unspecified atom stereocenters. The van der Waals surface area contributed by atoms with E-state index < -0.39 is 17.7 Å². The van der Waals surface area contributed by atoms with E-state index >= 15 is 0 Å². The van der Waals surface area contributed by atoms with Gasteiger partial charge >= 0.3 is 6.03 Å². The number of nitrogens with two attached hydrogens (primary N) is 1. The van der Waals surface area contributed by atoms with Crippen molar-refractivity contribution in [2.24, 2.45) is 5.73 Å². The zero-order valence-corrected chi connectivity index (χ0v) is 17.6. The zero-order valence-electron chi connectivity index (χ0n) is 17.6. The average Bonchev–Trinajstić information content (AvgIpc) is 2.77. The molecule has 1 heterocycles. The third kappa shape index (κ3) is 5.12. The number of nitrogens with zero attached hydrogens (tertiary/aromatic N) is 1. The van der Waals surface area contributed by atoms with Gasteiger partial charge in [0.15, 0.2) is 0 Å². The topological polar surface area (TPSA) is 85.0 Å². The third-order valence-corrected chi connectivity index (χ3v) is 5.82. The van der Waals surface area contributed by atoms with Crippen LogP contribution >= 0.6 is 0 Å². The first kappa shape index (κ1) is 22.1. The largest absolute Gasteiger partial charge is 0.457 e. The number of unbranched alkanes of at least 4 members (excludes halogenated alkanes) is 1. The third-order valence-electron chi connectivity index (χ3n) is 5.82. The number of carbonyl (C=O) groups is 1. The van der Waals surface area contributed by atoms with E-state index in [9.17, 15) is 9.90 Å². The van der Waals surface area contributed by atoms with Crippen LogP contribution in [0.3, 0.4) is 0 Å². The molecule has 0 spiro atoms. The number of benzene rings is 2. The van der Waals surface area contributed by atoms with Crippen LogP contribution in [0.4, 0.5) is 4.79 Å². The minimum atomic E-state index is -1.27. The van der Waals surface area contributed by atoms with E-state index in [1.54, 1.807) is 12.0 Å². The van der Waals surface area contributed by atoms with Crippen LogP contribution in [0.1, 0.15) is 44.1 Å². The lowest BCUT2D eigenvalue weighted by molar-refractivity contribution is -0.0614. The highest BCUT2D eigenvalue weighted by Gasteiger charge is 2.45. The summed E-state index contributed by atoms with van der Waals surface area (Å²) in [4.78, 5) is 13.8. The van der Waals surface area contributed by atoms with E-state index in [0.29, 0.717) is 43.1 Å². The number of primary amides is 1. The van der Waals surface area contributed by atoms with Gasteiger partial charge in [-0.2, -0.15) is 0 Å². The van der Waals surface area contributed by atoms with Crippen molar-refractivity contribution in [3.63, 3.8) is 0 Å². The van der Waals surface area contributed by atoms with Crippen molar-refractivity contribution in [2.45, 2.75) is 50.2 Å². The predicted octanol–water partition coefficient (Wildman–Crippen LogP) is 4.42. The molecular formula is C24H32N2O4. The summed E-state index contributed by atoms with van der Waals surface area (Å²) in [6.45, 7) is 1.19. The van der Waals surface area contributed by atoms with Gasteiger partial charge in [-0.15, -0.1) is 0 Å². The maximum Gasteiger partial charge on any atom is 0.315 e. The molecule has 0 aromatic heterocycles. The molecule has 3 N–H and O–H groups in total. The van der Waals surface area contributed by atoms with Crippen LogP contribution in [0.2, 0.25) is 0 Å². The number of hydrogen-bond acceptors (Lipinski definition) is 4. The maximum atomic E-state index is 12.2. The van der Waals surface area contributed by atoms with Gasteiger partial charge in [0.2, 0.25) is 0 Å². The van der Waals surface area contributed by atoms with Gasteiger partial charge in [-0.05, 0) is 56.7 Å². The minimum absolute atomic E-state index is 0.396. The SMILES string of the molecule is COCCCCC(O)(c1ccccc1Oc1ccccc1)C1CCCCN1C(N)=O. The second kappa shape index (κ2) is 10.5. The lowest BCUT2D eigenvalue weighted by Crippen LogP contribution is -2.56. The molecule has 0 bridgehead atoms. The fraction of sp³-hybridized carbons (Fsp3) is 0.458. The summed E-state index contributed by atoms with van der Waals surface area (Å²) in [6, 6.07) is 16.2. The molecule has 2 aromatic rings. The Morgan fingerprint density at radius 1 is 1.13 bits per heavy atom. The van der Waals surface area contributed by atoms with Gasteiger partial charge in [0.1, 0.15) is 17.1 Å². The van der Waals surface area contributed by atoms with Crippen LogP contribution in [0.25, 0.3) is 0 Å². The first-order chi connectivity index (χ1) is 14.6. The van der Waals surface area contributed by atoms with Crippen LogP contribution < -0.4 is 10.5 Å². The maximum absolute atomic E-state index is 12.2. The number of aliphatic hydroxyl groups is 1. The van der Waals surface area contributed by atoms with Crippen molar-refractivity contribution < 1.29 is 19.4 Å². The highest BCUT2D eigenvalue weighted by Crippen LogP contribution is 2.43. The van der Waals surface area contributed by atoms with Crippen LogP contribution in [0.5, 0.6) is 11.5 Å². The second-order valence-corrected chi connectivity index (χ2v) is 7.83. The molecule has 2 atom stereocenters. The lowest BCUT2D eigenvalue weighted by atomic mass is 9.77. The van der Waals surface area contributed by atoms with Gasteiger partial charge < -0.3 is 25.2 Å². The molecule has 6 heteroatoms. The Kier molecular flexibility index (Phi) is 7.71. The molecule has 3 rings (SSSR count). The highest BCUT2D eigenvalue weighted by molar-refractivity contribution is 5.72. The summed E-state index contributed by atoms with van der Waals surface area (Å²) in [5.41, 5.74) is 5.11. The Balaban J connectivity index is 1.98. The Morgan fingerprint density at radius 2 is 1.87 bits per heavy atom. The fourth-order valence-corrected chi connectivity index (χ4v) is 4.34. The zero-order chi connectivity index (χ0) is 21.4. The van der Waals surface area contributed by atoms with Gasteiger partial charge in [0.05, 0.1) is 6.04 Å². The molecule has 0 aliphatic carbocycles. The molecule has 0 radical (unpaired) electrons. The summed E-state index contributed by atoms with van der Waals surface area (Å²) in [6.07, 6.45) is 4.60. The Labute approximate surface area is 178 Å². The van der Waals surface area contributed by atoms with Crippen molar-refractivity contribution >= 4 is 6.03 Å². The van der Waals surface area contributed by atoms with Gasteiger partial charge in [-0.25, -0.2) is 4.79 Å². The molecule has 1 saturated heterocycles. The van der Waals surface area contributed by atoms with Crippen molar-refractivity contribution in [3.8, 4) is 11.5 Å². The van der Waals surface area contributed by atoms with Crippen molar-refractivity contribution in [3.05, 3.63) is 60.2 Å². The molecule has 2 amide bonds. The highest BCUT2D eigenvalue weighted by atomic mass is 16.5. The van der Waals surface area contributed by atoms with Gasteiger partial charge in [-0.1, -0.05) is 36.4 Å². The van der Waals surface area contributed by atoms with E-state index in [1.165, 1.54) is 0 Å². The number of amides is 2. The predicted molar refractivity (Wildman–Crippen MR) is 117 cm³/mol. The summed E-state index contributed by atoms with van der Waals surface area (Å²) in [7, 11) is 1.67. The van der Waals surface area contributed by atoms with E-state index in [0.717, 1.165) is 25.7 Å². The number of rotatable bonds is 9. The van der Waals surface area contributed by atoms with Crippen LogP contribution in [0.15, 0.2) is 54.6 Å². The summed E-state index contributed by atoms with van der Waals surface area (Å²) in [5, 5.41) is 12.1. The first-order valence-corrected chi connectivity index (χ1v) is 10.7. The monoisotopic (exact) mass is 412 g/mol. The number of carbonyl (C=O) groups excluding carboxylic acids is 1. The van der Waals surface area contributed by atoms with Gasteiger partial charge in [0, 0.05) is 25.8 Å².